The topological polar surface area (TPSA) is 60.4 Å². The molecule has 28 heavy (non-hydrogen) atoms. The molecule has 0 radical (unpaired) electrons. The standard InChI is InChI=1S/C24H28O4/c1-22-6-3-15(26)10-14(22)9-13(12-25)20-17(22)4-7-23(2)21(20)16-11-18(16)24(23)8-5-19(27)28-24/h4,9,12,14,16,18,20-21H,3,5-8,10-11H2,1-2H3/t14?,16-,18+,20?,21?,22+,23+,24+/m1/s1. The average molecular weight is 380 g/mol. The zero-order valence-corrected chi connectivity index (χ0v) is 16.7. The van der Waals surface area contributed by atoms with Gasteiger partial charge in [-0.2, -0.15) is 0 Å². The second-order valence-electron chi connectivity index (χ2n) is 10.7. The number of allylic oxidation sites excluding steroid dienone is 4. The minimum atomic E-state index is -0.324. The predicted octanol–water partition coefficient (Wildman–Crippen LogP) is 3.80. The maximum absolute atomic E-state index is 12.2. The molecular weight excluding hydrogens is 352 g/mol. The van der Waals surface area contributed by atoms with Crippen molar-refractivity contribution in [2.45, 2.75) is 64.4 Å². The van der Waals surface area contributed by atoms with Crippen molar-refractivity contribution in [3.05, 3.63) is 23.3 Å². The van der Waals surface area contributed by atoms with Crippen molar-refractivity contribution in [1.29, 1.82) is 0 Å². The summed E-state index contributed by atoms with van der Waals surface area (Å²) in [5.74, 6) is 1.95. The van der Waals surface area contributed by atoms with Gasteiger partial charge in [-0.15, -0.1) is 0 Å². The van der Waals surface area contributed by atoms with Gasteiger partial charge < -0.3 is 4.74 Å². The van der Waals surface area contributed by atoms with Crippen molar-refractivity contribution in [2.75, 3.05) is 0 Å². The quantitative estimate of drug-likeness (QED) is 0.394. The third-order valence-corrected chi connectivity index (χ3v) is 9.78. The fourth-order valence-electron chi connectivity index (χ4n) is 8.33. The lowest BCUT2D eigenvalue weighted by Gasteiger charge is -2.56. The number of carbonyl (C=O) groups excluding carboxylic acids is 3. The van der Waals surface area contributed by atoms with Crippen LogP contribution in [-0.2, 0) is 19.1 Å². The van der Waals surface area contributed by atoms with Crippen LogP contribution in [0.2, 0.25) is 0 Å². The summed E-state index contributed by atoms with van der Waals surface area (Å²) in [4.78, 5) is 36.4. The summed E-state index contributed by atoms with van der Waals surface area (Å²) < 4.78 is 6.11. The molecule has 1 heterocycles. The second kappa shape index (κ2) is 5.06. The maximum atomic E-state index is 12.2. The van der Waals surface area contributed by atoms with Crippen LogP contribution in [0.25, 0.3) is 0 Å². The van der Waals surface area contributed by atoms with E-state index in [0.717, 1.165) is 37.5 Å². The summed E-state index contributed by atoms with van der Waals surface area (Å²) in [6, 6.07) is 0. The van der Waals surface area contributed by atoms with E-state index in [0.29, 0.717) is 42.8 Å². The number of hydrogen-bond acceptors (Lipinski definition) is 4. The highest BCUT2D eigenvalue weighted by atomic mass is 16.6. The highest BCUT2D eigenvalue weighted by molar-refractivity contribution is 5.82. The van der Waals surface area contributed by atoms with Gasteiger partial charge in [0.1, 0.15) is 17.7 Å². The van der Waals surface area contributed by atoms with E-state index in [2.05, 4.69) is 26.0 Å². The zero-order chi connectivity index (χ0) is 19.5. The van der Waals surface area contributed by atoms with Crippen LogP contribution < -0.4 is 0 Å². The number of Topliss-reactive ketones (excluding diaryl/α,β-unsaturated/α-hetero) is 1. The molecule has 0 amide bonds. The Morgan fingerprint density at radius 2 is 2.00 bits per heavy atom. The van der Waals surface area contributed by atoms with E-state index in [1.54, 1.807) is 0 Å². The number of hydrogen-bond donors (Lipinski definition) is 0. The lowest BCUT2D eigenvalue weighted by molar-refractivity contribution is -0.165. The summed E-state index contributed by atoms with van der Waals surface area (Å²) in [7, 11) is 0. The fraction of sp³-hybridized carbons (Fsp3) is 0.708. The van der Waals surface area contributed by atoms with E-state index in [1.165, 1.54) is 5.57 Å². The van der Waals surface area contributed by atoms with E-state index in [1.807, 2.05) is 0 Å². The summed E-state index contributed by atoms with van der Waals surface area (Å²) in [5, 5.41) is 0. The smallest absolute Gasteiger partial charge is 0.306 e. The first-order chi connectivity index (χ1) is 13.3. The molecule has 4 nitrogen and oxygen atoms in total. The summed E-state index contributed by atoms with van der Waals surface area (Å²) in [5.41, 5.74) is 1.86. The molecule has 5 aliphatic carbocycles. The van der Waals surface area contributed by atoms with Crippen LogP contribution in [0.5, 0.6) is 0 Å². The van der Waals surface area contributed by atoms with E-state index in [4.69, 9.17) is 4.74 Å². The van der Waals surface area contributed by atoms with E-state index in [9.17, 15) is 14.4 Å². The molecule has 0 bridgehead atoms. The van der Waals surface area contributed by atoms with Crippen molar-refractivity contribution in [3.8, 4) is 0 Å². The Balaban J connectivity index is 1.50. The minimum absolute atomic E-state index is 0.0150. The zero-order valence-electron chi connectivity index (χ0n) is 16.7. The van der Waals surface area contributed by atoms with Crippen LogP contribution in [0.1, 0.15) is 58.8 Å². The molecule has 1 spiro atoms. The molecule has 3 saturated carbocycles. The fourth-order valence-corrected chi connectivity index (χ4v) is 8.33. The molecule has 1 saturated heterocycles. The van der Waals surface area contributed by atoms with Gasteiger partial charge in [-0.3, -0.25) is 14.4 Å². The number of ketones is 1. The van der Waals surface area contributed by atoms with Gasteiger partial charge in [0.15, 0.2) is 0 Å². The summed E-state index contributed by atoms with van der Waals surface area (Å²) in [6.07, 6.45) is 11.1. The Morgan fingerprint density at radius 1 is 1.18 bits per heavy atom. The van der Waals surface area contributed by atoms with Crippen LogP contribution in [0, 0.1) is 40.4 Å². The normalized spacial score (nSPS) is 53.4. The molecule has 6 rings (SSSR count). The highest BCUT2D eigenvalue weighted by Crippen LogP contribution is 2.78. The van der Waals surface area contributed by atoms with E-state index in [-0.39, 0.29) is 34.2 Å². The summed E-state index contributed by atoms with van der Waals surface area (Å²) in [6.45, 7) is 4.63. The third kappa shape index (κ3) is 1.77. The van der Waals surface area contributed by atoms with Gasteiger partial charge in [-0.25, -0.2) is 0 Å². The average Bonchev–Trinajstić information content (AvgIpc) is 3.30. The van der Waals surface area contributed by atoms with Gasteiger partial charge in [0.2, 0.25) is 0 Å². The van der Waals surface area contributed by atoms with Crippen LogP contribution in [0.15, 0.2) is 23.3 Å². The molecule has 0 aromatic rings. The van der Waals surface area contributed by atoms with Gasteiger partial charge in [-0.05, 0) is 54.4 Å². The Bertz CT molecular complexity index is 883. The monoisotopic (exact) mass is 380 g/mol. The van der Waals surface area contributed by atoms with Gasteiger partial charge in [-0.1, -0.05) is 31.6 Å². The molecule has 0 aromatic carbocycles. The molecule has 4 heteroatoms. The Hall–Kier alpha value is -1.71. The Kier molecular flexibility index (Phi) is 3.11. The molecule has 4 fully saturated rings. The minimum Gasteiger partial charge on any atom is -0.458 e. The van der Waals surface area contributed by atoms with Gasteiger partial charge in [0, 0.05) is 36.5 Å². The van der Waals surface area contributed by atoms with Crippen LogP contribution in [-0.4, -0.2) is 23.6 Å². The molecule has 3 unspecified atom stereocenters. The number of aldehydes is 1. The molecule has 6 aliphatic rings. The largest absolute Gasteiger partial charge is 0.458 e. The van der Waals surface area contributed by atoms with E-state index < -0.39 is 0 Å². The maximum Gasteiger partial charge on any atom is 0.306 e. The SMILES string of the molecule is C[C@]12CC=C3C(C(C=O)=CC4CC(=O)CC[C@]34C)C1[C@@H]1C[C@@H]1[C@@]21CCC(=O)O1. The van der Waals surface area contributed by atoms with Gasteiger partial charge in [0.05, 0.1) is 0 Å². The number of fused-ring (bicyclic) bond motifs is 9. The molecular formula is C24H28O4. The molecule has 0 aromatic heterocycles. The Morgan fingerprint density at radius 3 is 2.71 bits per heavy atom. The van der Waals surface area contributed by atoms with E-state index >= 15 is 0 Å². The van der Waals surface area contributed by atoms with Crippen molar-refractivity contribution < 1.29 is 19.1 Å². The first-order valence-electron chi connectivity index (χ1n) is 10.9. The van der Waals surface area contributed by atoms with Crippen molar-refractivity contribution in [1.82, 2.24) is 0 Å². The molecule has 8 atom stereocenters. The number of esters is 1. The highest BCUT2D eigenvalue weighted by Gasteiger charge is 2.78. The first-order valence-corrected chi connectivity index (χ1v) is 10.9. The van der Waals surface area contributed by atoms with Crippen LogP contribution >= 0.6 is 0 Å². The molecule has 0 N–H and O–H groups in total. The number of carbonyl (C=O) groups is 3. The van der Waals surface area contributed by atoms with Crippen molar-refractivity contribution in [3.63, 3.8) is 0 Å². The first kappa shape index (κ1) is 17.2. The second-order valence-corrected chi connectivity index (χ2v) is 10.7. The number of ether oxygens (including phenoxy) is 1. The third-order valence-electron chi connectivity index (χ3n) is 9.78. The van der Waals surface area contributed by atoms with Gasteiger partial charge in [0.25, 0.3) is 0 Å². The van der Waals surface area contributed by atoms with Crippen LogP contribution in [0.3, 0.4) is 0 Å². The predicted molar refractivity (Wildman–Crippen MR) is 102 cm³/mol. The molecule has 148 valence electrons. The van der Waals surface area contributed by atoms with Crippen molar-refractivity contribution >= 4 is 18.0 Å². The Labute approximate surface area is 165 Å². The lowest BCUT2D eigenvalue weighted by Crippen LogP contribution is -2.54. The van der Waals surface area contributed by atoms with Crippen LogP contribution in [0.4, 0.5) is 0 Å². The number of rotatable bonds is 1. The van der Waals surface area contributed by atoms with Crippen molar-refractivity contribution in [2.24, 2.45) is 40.4 Å². The van der Waals surface area contributed by atoms with Gasteiger partial charge >= 0.3 is 5.97 Å². The summed E-state index contributed by atoms with van der Waals surface area (Å²) >= 11 is 0. The molecule has 1 aliphatic heterocycles. The lowest BCUT2D eigenvalue weighted by atomic mass is 9.48.